The highest BCUT2D eigenvalue weighted by Crippen LogP contribution is 2.41. The van der Waals surface area contributed by atoms with E-state index < -0.39 is 0 Å². The molecule has 1 aliphatic rings. The maximum atomic E-state index is 5.04. The van der Waals surface area contributed by atoms with E-state index in [9.17, 15) is 0 Å². The number of hydrogen-bond donors (Lipinski definition) is 1. The van der Waals surface area contributed by atoms with Crippen LogP contribution >= 0.6 is 11.8 Å². The van der Waals surface area contributed by atoms with Crippen LogP contribution < -0.4 is 5.32 Å². The molecule has 0 saturated heterocycles. The van der Waals surface area contributed by atoms with Crippen molar-refractivity contribution in [1.29, 1.82) is 0 Å². The fraction of sp³-hybridized carbons (Fsp3) is 0.625. The minimum Gasteiger partial charge on any atom is -0.383 e. The zero-order valence-electron chi connectivity index (χ0n) is 12.0. The summed E-state index contributed by atoms with van der Waals surface area (Å²) >= 11 is 2.02. The number of benzene rings is 1. The van der Waals surface area contributed by atoms with Gasteiger partial charge in [-0.2, -0.15) is 0 Å². The summed E-state index contributed by atoms with van der Waals surface area (Å²) in [5.74, 6) is 2.78. The van der Waals surface area contributed by atoms with Gasteiger partial charge in [-0.3, -0.25) is 0 Å². The largest absolute Gasteiger partial charge is 0.383 e. The van der Waals surface area contributed by atoms with E-state index in [1.54, 1.807) is 12.7 Å². The summed E-state index contributed by atoms with van der Waals surface area (Å²) in [6.07, 6.45) is 2.62. The van der Waals surface area contributed by atoms with Crippen molar-refractivity contribution in [2.24, 2.45) is 5.92 Å². The third kappa shape index (κ3) is 4.51. The monoisotopic (exact) mass is 279 g/mol. The number of methoxy groups -OCH3 is 1. The molecule has 0 saturated carbocycles. The van der Waals surface area contributed by atoms with Crippen LogP contribution in [-0.4, -0.2) is 32.6 Å². The number of thioether (sulfide) groups is 1. The third-order valence-electron chi connectivity index (χ3n) is 3.78. The van der Waals surface area contributed by atoms with E-state index in [1.165, 1.54) is 23.5 Å². The molecule has 1 heterocycles. The van der Waals surface area contributed by atoms with Crippen molar-refractivity contribution in [3.8, 4) is 0 Å². The molecule has 19 heavy (non-hydrogen) atoms. The van der Waals surface area contributed by atoms with Crippen molar-refractivity contribution in [1.82, 2.24) is 5.32 Å². The molecule has 1 aromatic carbocycles. The van der Waals surface area contributed by atoms with Crippen LogP contribution in [0, 0.1) is 5.92 Å². The Morgan fingerprint density at radius 3 is 3.11 bits per heavy atom. The van der Waals surface area contributed by atoms with Crippen molar-refractivity contribution in [3.05, 3.63) is 29.8 Å². The number of fused-ring (bicyclic) bond motifs is 1. The molecule has 0 radical (unpaired) electrons. The lowest BCUT2D eigenvalue weighted by Crippen LogP contribution is -2.25. The second kappa shape index (κ2) is 7.93. The van der Waals surface area contributed by atoms with Gasteiger partial charge in [0, 0.05) is 24.3 Å². The molecule has 1 aliphatic heterocycles. The molecule has 1 N–H and O–H groups in total. The summed E-state index contributed by atoms with van der Waals surface area (Å²) in [5, 5.41) is 3.45. The molecule has 2 nitrogen and oxygen atoms in total. The molecule has 2 unspecified atom stereocenters. The Morgan fingerprint density at radius 1 is 1.42 bits per heavy atom. The van der Waals surface area contributed by atoms with E-state index in [-0.39, 0.29) is 0 Å². The van der Waals surface area contributed by atoms with E-state index in [0.29, 0.717) is 0 Å². The van der Waals surface area contributed by atoms with Crippen LogP contribution in [0.15, 0.2) is 29.2 Å². The number of hydrogen-bond acceptors (Lipinski definition) is 3. The van der Waals surface area contributed by atoms with Gasteiger partial charge in [0.15, 0.2) is 0 Å². The minimum absolute atomic E-state index is 0.745. The van der Waals surface area contributed by atoms with Crippen molar-refractivity contribution in [2.45, 2.75) is 30.6 Å². The zero-order valence-corrected chi connectivity index (χ0v) is 12.8. The summed E-state index contributed by atoms with van der Waals surface area (Å²) in [5.41, 5.74) is 1.58. The Bertz CT molecular complexity index is 383. The Kier molecular flexibility index (Phi) is 6.21. The smallest absolute Gasteiger partial charge is 0.0587 e. The van der Waals surface area contributed by atoms with Gasteiger partial charge in [0.2, 0.25) is 0 Å². The van der Waals surface area contributed by atoms with E-state index >= 15 is 0 Å². The van der Waals surface area contributed by atoms with Crippen molar-refractivity contribution >= 4 is 11.8 Å². The first kappa shape index (κ1) is 14.9. The predicted molar refractivity (Wildman–Crippen MR) is 83.1 cm³/mol. The highest BCUT2D eigenvalue weighted by molar-refractivity contribution is 7.99. The van der Waals surface area contributed by atoms with E-state index in [0.717, 1.165) is 31.5 Å². The lowest BCUT2D eigenvalue weighted by Gasteiger charge is -2.16. The fourth-order valence-electron chi connectivity index (χ4n) is 2.58. The molecular formula is C16H25NOS. The van der Waals surface area contributed by atoms with Gasteiger partial charge in [-0.1, -0.05) is 25.1 Å². The average molecular weight is 279 g/mol. The Hall–Kier alpha value is -0.510. The van der Waals surface area contributed by atoms with Crippen LogP contribution in [-0.2, 0) is 4.74 Å². The van der Waals surface area contributed by atoms with Crippen LogP contribution in [0.5, 0.6) is 0 Å². The lowest BCUT2D eigenvalue weighted by atomic mass is 9.92. The normalized spacial score (nSPS) is 19.4. The van der Waals surface area contributed by atoms with Crippen LogP contribution in [0.3, 0.4) is 0 Å². The molecule has 3 heteroatoms. The molecule has 0 spiro atoms. The summed E-state index contributed by atoms with van der Waals surface area (Å²) < 4.78 is 5.04. The number of rotatable bonds is 8. The van der Waals surface area contributed by atoms with Crippen molar-refractivity contribution in [2.75, 3.05) is 32.6 Å². The van der Waals surface area contributed by atoms with Gasteiger partial charge >= 0.3 is 0 Å². The molecule has 0 aliphatic carbocycles. The van der Waals surface area contributed by atoms with Crippen molar-refractivity contribution < 1.29 is 4.74 Å². The molecule has 2 rings (SSSR count). The first-order valence-corrected chi connectivity index (χ1v) is 8.21. The first-order chi connectivity index (χ1) is 9.31. The second-order valence-corrected chi connectivity index (χ2v) is 6.49. The van der Waals surface area contributed by atoms with Crippen LogP contribution in [0.4, 0.5) is 0 Å². The SMILES string of the molecule is COCCNCC(C)CCC1CSc2ccccc21. The summed E-state index contributed by atoms with van der Waals surface area (Å²) in [6, 6.07) is 8.89. The predicted octanol–water partition coefficient (Wildman–Crippen LogP) is 3.53. The van der Waals surface area contributed by atoms with Crippen LogP contribution in [0.1, 0.15) is 31.2 Å². The molecule has 1 aromatic rings. The van der Waals surface area contributed by atoms with Gasteiger partial charge in [0.25, 0.3) is 0 Å². The van der Waals surface area contributed by atoms with Gasteiger partial charge < -0.3 is 10.1 Å². The Balaban J connectivity index is 1.69. The zero-order chi connectivity index (χ0) is 13.5. The highest BCUT2D eigenvalue weighted by Gasteiger charge is 2.22. The minimum atomic E-state index is 0.745. The first-order valence-electron chi connectivity index (χ1n) is 7.22. The summed E-state index contributed by atoms with van der Waals surface area (Å²) in [7, 11) is 1.75. The Morgan fingerprint density at radius 2 is 2.26 bits per heavy atom. The standard InChI is InChI=1S/C16H25NOS/c1-13(11-17-9-10-18-2)7-8-14-12-19-16-6-4-3-5-15(14)16/h3-6,13-14,17H,7-12H2,1-2H3. The number of ether oxygens (including phenoxy) is 1. The molecule has 0 aromatic heterocycles. The fourth-order valence-corrected chi connectivity index (χ4v) is 3.88. The maximum Gasteiger partial charge on any atom is 0.0587 e. The molecule has 0 amide bonds. The summed E-state index contributed by atoms with van der Waals surface area (Å²) in [6.45, 7) is 5.21. The van der Waals surface area contributed by atoms with Gasteiger partial charge in [-0.15, -0.1) is 11.8 Å². The van der Waals surface area contributed by atoms with Gasteiger partial charge in [-0.25, -0.2) is 0 Å². The maximum absolute atomic E-state index is 5.04. The lowest BCUT2D eigenvalue weighted by molar-refractivity contribution is 0.198. The molecule has 0 fully saturated rings. The molecular weight excluding hydrogens is 254 g/mol. The van der Waals surface area contributed by atoms with E-state index in [1.807, 2.05) is 11.8 Å². The number of nitrogens with one attached hydrogen (secondary N) is 1. The van der Waals surface area contributed by atoms with Crippen LogP contribution in [0.2, 0.25) is 0 Å². The van der Waals surface area contributed by atoms with E-state index in [2.05, 4.69) is 36.5 Å². The van der Waals surface area contributed by atoms with Gasteiger partial charge in [0.05, 0.1) is 6.61 Å². The van der Waals surface area contributed by atoms with Crippen LogP contribution in [0.25, 0.3) is 0 Å². The average Bonchev–Trinajstić information content (AvgIpc) is 2.85. The topological polar surface area (TPSA) is 21.3 Å². The third-order valence-corrected chi connectivity index (χ3v) is 5.03. The van der Waals surface area contributed by atoms with Gasteiger partial charge in [-0.05, 0) is 42.9 Å². The molecule has 0 bridgehead atoms. The van der Waals surface area contributed by atoms with Crippen molar-refractivity contribution in [3.63, 3.8) is 0 Å². The quantitative estimate of drug-likeness (QED) is 0.736. The second-order valence-electron chi connectivity index (χ2n) is 5.43. The molecule has 2 atom stereocenters. The highest BCUT2D eigenvalue weighted by atomic mass is 32.2. The Labute approximate surface area is 121 Å². The molecule has 106 valence electrons. The van der Waals surface area contributed by atoms with E-state index in [4.69, 9.17) is 4.74 Å². The van der Waals surface area contributed by atoms with Gasteiger partial charge in [0.1, 0.15) is 0 Å². The summed E-state index contributed by atoms with van der Waals surface area (Å²) in [4.78, 5) is 1.50.